The van der Waals surface area contributed by atoms with Crippen molar-refractivity contribution in [3.63, 3.8) is 0 Å². The van der Waals surface area contributed by atoms with Crippen molar-refractivity contribution in [1.82, 2.24) is 9.80 Å². The lowest BCUT2D eigenvalue weighted by Gasteiger charge is -2.36. The zero-order chi connectivity index (χ0) is 20.3. The van der Waals surface area contributed by atoms with E-state index in [2.05, 4.69) is 4.40 Å². The van der Waals surface area contributed by atoms with E-state index in [0.29, 0.717) is 30.8 Å². The predicted octanol–water partition coefficient (Wildman–Crippen LogP) is 1.59. The second-order valence-electron chi connectivity index (χ2n) is 6.84. The fourth-order valence-electron chi connectivity index (χ4n) is 3.61. The lowest BCUT2D eigenvalue weighted by atomic mass is 9.95. The molecule has 154 valence electrons. The van der Waals surface area contributed by atoms with Crippen LogP contribution in [0.4, 0.5) is 8.78 Å². The number of fused-ring (bicyclic) bond motifs is 1. The second kappa shape index (κ2) is 8.52. The number of carbonyl (C=O) groups is 1. The van der Waals surface area contributed by atoms with Crippen LogP contribution in [0.25, 0.3) is 0 Å². The fraction of sp³-hybridized carbons (Fsp3) is 0.556. The van der Waals surface area contributed by atoms with E-state index in [0.717, 1.165) is 4.90 Å². The van der Waals surface area contributed by atoms with Crippen LogP contribution in [-0.4, -0.2) is 76.3 Å². The van der Waals surface area contributed by atoms with Gasteiger partial charge in [-0.3, -0.25) is 4.79 Å². The molecule has 0 spiro atoms. The van der Waals surface area contributed by atoms with E-state index in [9.17, 15) is 22.0 Å². The number of ether oxygens (including phenoxy) is 1. The predicted molar refractivity (Wildman–Crippen MR) is 98.9 cm³/mol. The molecule has 1 saturated heterocycles. The molecule has 2 aliphatic heterocycles. The van der Waals surface area contributed by atoms with Gasteiger partial charge in [0.2, 0.25) is 5.91 Å². The third kappa shape index (κ3) is 4.33. The van der Waals surface area contributed by atoms with Crippen molar-refractivity contribution in [1.29, 1.82) is 0 Å². The van der Waals surface area contributed by atoms with Gasteiger partial charge in [-0.1, -0.05) is 12.1 Å². The average molecular weight is 415 g/mol. The maximum atomic E-state index is 12.9. The molecule has 0 radical (unpaired) electrons. The molecule has 1 unspecified atom stereocenters. The highest BCUT2D eigenvalue weighted by Gasteiger charge is 2.36. The monoisotopic (exact) mass is 415 g/mol. The minimum Gasteiger partial charge on any atom is -0.383 e. The van der Waals surface area contributed by atoms with Gasteiger partial charge >= 0.3 is 0 Å². The SMILES string of the molecule is COCCN(CC(F)F)C(=O)C1CCCN(C2=NS(=O)(=O)c3ccccc32)C1. The van der Waals surface area contributed by atoms with Crippen molar-refractivity contribution < 1.29 is 26.7 Å². The van der Waals surface area contributed by atoms with Gasteiger partial charge < -0.3 is 14.5 Å². The van der Waals surface area contributed by atoms with Gasteiger partial charge in [0.1, 0.15) is 4.90 Å². The maximum absolute atomic E-state index is 12.9. The minimum absolute atomic E-state index is 0.0916. The summed E-state index contributed by atoms with van der Waals surface area (Å²) in [5, 5.41) is 0. The highest BCUT2D eigenvalue weighted by molar-refractivity contribution is 7.90. The number of amides is 1. The molecule has 0 bridgehead atoms. The van der Waals surface area contributed by atoms with Crippen LogP contribution in [0.1, 0.15) is 18.4 Å². The van der Waals surface area contributed by atoms with E-state index < -0.39 is 28.9 Å². The number of nitrogens with zero attached hydrogens (tertiary/aromatic N) is 3. The summed E-state index contributed by atoms with van der Waals surface area (Å²) in [6.45, 7) is 0.423. The highest BCUT2D eigenvalue weighted by atomic mass is 32.2. The summed E-state index contributed by atoms with van der Waals surface area (Å²) in [6, 6.07) is 6.56. The Bertz CT molecular complexity index is 860. The standard InChI is InChI=1S/C18H23F2N3O4S/c1-27-10-9-23(12-16(19)20)18(24)13-5-4-8-22(11-13)17-14-6-2-3-7-15(14)28(25,26)21-17/h2-3,6-7,13,16H,4-5,8-12H2,1H3. The van der Waals surface area contributed by atoms with Gasteiger partial charge in [-0.05, 0) is 25.0 Å². The van der Waals surface area contributed by atoms with Gasteiger partial charge in [-0.2, -0.15) is 8.42 Å². The Morgan fingerprint density at radius 1 is 1.39 bits per heavy atom. The second-order valence-corrected chi connectivity index (χ2v) is 8.41. The quantitative estimate of drug-likeness (QED) is 0.705. The summed E-state index contributed by atoms with van der Waals surface area (Å²) in [6.07, 6.45) is -1.43. The molecule has 1 atom stereocenters. The van der Waals surface area contributed by atoms with Crippen molar-refractivity contribution in [2.24, 2.45) is 10.3 Å². The third-order valence-electron chi connectivity index (χ3n) is 4.92. The first kappa shape index (κ1) is 20.7. The van der Waals surface area contributed by atoms with Crippen LogP contribution in [0, 0.1) is 5.92 Å². The van der Waals surface area contributed by atoms with Crippen molar-refractivity contribution in [2.75, 3.05) is 39.9 Å². The Labute approximate surface area is 163 Å². The van der Waals surface area contributed by atoms with Gasteiger partial charge in [0.25, 0.3) is 16.4 Å². The van der Waals surface area contributed by atoms with Crippen molar-refractivity contribution in [3.8, 4) is 0 Å². The number of benzene rings is 1. The number of methoxy groups -OCH3 is 1. The molecule has 1 amide bonds. The van der Waals surface area contributed by atoms with E-state index in [1.165, 1.54) is 13.2 Å². The molecule has 0 aliphatic carbocycles. The number of hydrogen-bond donors (Lipinski definition) is 0. The number of amidine groups is 1. The average Bonchev–Trinajstić information content (AvgIpc) is 2.96. The number of rotatable bonds is 6. The van der Waals surface area contributed by atoms with Crippen LogP contribution in [0.5, 0.6) is 0 Å². The van der Waals surface area contributed by atoms with Crippen LogP contribution in [0.3, 0.4) is 0 Å². The number of likely N-dealkylation sites (tertiary alicyclic amines) is 1. The molecule has 28 heavy (non-hydrogen) atoms. The van der Waals surface area contributed by atoms with Crippen LogP contribution >= 0.6 is 0 Å². The van der Waals surface area contributed by atoms with Gasteiger partial charge in [-0.25, -0.2) is 8.78 Å². The van der Waals surface area contributed by atoms with E-state index >= 15 is 0 Å². The largest absolute Gasteiger partial charge is 0.383 e. The Morgan fingerprint density at radius 2 is 2.14 bits per heavy atom. The maximum Gasteiger partial charge on any atom is 0.285 e. The number of halogens is 2. The summed E-state index contributed by atoms with van der Waals surface area (Å²) in [7, 11) is -2.30. The van der Waals surface area contributed by atoms with Gasteiger partial charge in [-0.15, -0.1) is 4.40 Å². The molecule has 2 aliphatic rings. The highest BCUT2D eigenvalue weighted by Crippen LogP contribution is 2.30. The molecule has 2 heterocycles. The van der Waals surface area contributed by atoms with E-state index in [4.69, 9.17) is 4.74 Å². The molecule has 3 rings (SSSR count). The van der Waals surface area contributed by atoms with Crippen molar-refractivity contribution in [2.45, 2.75) is 24.2 Å². The summed E-state index contributed by atoms with van der Waals surface area (Å²) in [4.78, 5) is 15.9. The van der Waals surface area contributed by atoms with Crippen LogP contribution in [-0.2, 0) is 19.6 Å². The molecule has 1 aromatic carbocycles. The first-order chi connectivity index (χ1) is 13.3. The first-order valence-corrected chi connectivity index (χ1v) is 10.5. The Morgan fingerprint density at radius 3 is 2.86 bits per heavy atom. The van der Waals surface area contributed by atoms with Crippen LogP contribution in [0.15, 0.2) is 33.6 Å². The number of carbonyl (C=O) groups excluding carboxylic acids is 1. The third-order valence-corrected chi connectivity index (χ3v) is 6.24. The summed E-state index contributed by atoms with van der Waals surface area (Å²) in [5.74, 6) is -0.537. The van der Waals surface area contributed by atoms with Crippen molar-refractivity contribution >= 4 is 21.8 Å². The molecule has 1 fully saturated rings. The molecule has 0 aromatic heterocycles. The molecular weight excluding hydrogens is 392 g/mol. The molecule has 0 N–H and O–H groups in total. The summed E-state index contributed by atoms with van der Waals surface area (Å²) >= 11 is 0. The van der Waals surface area contributed by atoms with E-state index in [1.807, 2.05) is 0 Å². The molecule has 1 aromatic rings. The smallest absolute Gasteiger partial charge is 0.285 e. The Balaban J connectivity index is 1.78. The van der Waals surface area contributed by atoms with E-state index in [1.54, 1.807) is 23.1 Å². The number of hydrogen-bond acceptors (Lipinski definition) is 5. The number of alkyl halides is 2. The topological polar surface area (TPSA) is 79.3 Å². The minimum atomic E-state index is -3.75. The number of piperidine rings is 1. The van der Waals surface area contributed by atoms with Gasteiger partial charge in [0.05, 0.1) is 19.1 Å². The fourth-order valence-corrected chi connectivity index (χ4v) is 4.83. The Kier molecular flexibility index (Phi) is 6.29. The van der Waals surface area contributed by atoms with Gasteiger partial charge in [0, 0.05) is 32.3 Å². The molecule has 0 saturated carbocycles. The summed E-state index contributed by atoms with van der Waals surface area (Å²) < 4.78 is 59.1. The molecular formula is C18H23F2N3O4S. The summed E-state index contributed by atoms with van der Waals surface area (Å²) in [5.41, 5.74) is 0.513. The molecule has 10 heteroatoms. The Hall–Kier alpha value is -2.07. The van der Waals surface area contributed by atoms with E-state index in [-0.39, 0.29) is 30.5 Å². The molecule has 7 nitrogen and oxygen atoms in total. The lowest BCUT2D eigenvalue weighted by Crippen LogP contribution is -2.48. The lowest BCUT2D eigenvalue weighted by molar-refractivity contribution is -0.139. The number of sulfonamides is 1. The van der Waals surface area contributed by atoms with Crippen LogP contribution < -0.4 is 0 Å². The normalized spacial score (nSPS) is 20.8. The zero-order valence-electron chi connectivity index (χ0n) is 15.6. The zero-order valence-corrected chi connectivity index (χ0v) is 16.4. The first-order valence-electron chi connectivity index (χ1n) is 9.08. The van der Waals surface area contributed by atoms with Crippen LogP contribution in [0.2, 0.25) is 0 Å². The van der Waals surface area contributed by atoms with Gasteiger partial charge in [0.15, 0.2) is 5.84 Å². The van der Waals surface area contributed by atoms with Crippen molar-refractivity contribution in [3.05, 3.63) is 29.8 Å².